The molecule has 0 fully saturated rings. The number of hydrogen-bond acceptors (Lipinski definition) is 5. The van der Waals surface area contributed by atoms with Crippen molar-refractivity contribution in [3.63, 3.8) is 0 Å². The van der Waals surface area contributed by atoms with Crippen molar-refractivity contribution < 1.29 is 36.3 Å². The van der Waals surface area contributed by atoms with Crippen molar-refractivity contribution in [3.8, 4) is 0 Å². The van der Waals surface area contributed by atoms with Crippen molar-refractivity contribution in [2.24, 2.45) is 0 Å². The van der Waals surface area contributed by atoms with Crippen LogP contribution in [0.15, 0.2) is 0 Å². The second kappa shape index (κ2) is 6.22. The molecule has 9 heteroatoms. The van der Waals surface area contributed by atoms with Crippen LogP contribution in [-0.4, -0.2) is 31.7 Å². The first-order chi connectivity index (χ1) is 7.25. The molecule has 0 aromatic rings. The Balaban J connectivity index is 4.33. The molecule has 16 heavy (non-hydrogen) atoms. The van der Waals surface area contributed by atoms with Crippen molar-refractivity contribution in [1.82, 2.24) is 0 Å². The van der Waals surface area contributed by atoms with Gasteiger partial charge in [-0.15, -0.1) is 0 Å². The van der Waals surface area contributed by atoms with Gasteiger partial charge in [-0.25, -0.2) is 4.79 Å². The Labute approximate surface area is 90.4 Å². The summed E-state index contributed by atoms with van der Waals surface area (Å²) in [5, 5.41) is 0. The van der Waals surface area contributed by atoms with E-state index >= 15 is 0 Å². The summed E-state index contributed by atoms with van der Waals surface area (Å²) in [5.41, 5.74) is 0. The molecule has 0 saturated heterocycles. The number of alkyl halides is 3. The van der Waals surface area contributed by atoms with Gasteiger partial charge in [0.05, 0.1) is 13.2 Å². The van der Waals surface area contributed by atoms with E-state index in [1.807, 2.05) is 0 Å². The molecule has 0 amide bonds. The molecule has 96 valence electrons. The van der Waals surface area contributed by atoms with E-state index in [9.17, 15) is 22.5 Å². The Morgan fingerprint density at radius 2 is 1.62 bits per heavy atom. The van der Waals surface area contributed by atoms with Gasteiger partial charge in [0.15, 0.2) is 6.35 Å². The number of esters is 1. The molecule has 0 atom stereocenters. The van der Waals surface area contributed by atoms with Gasteiger partial charge in [0.2, 0.25) is 0 Å². The Bertz CT molecular complexity index is 268. The quantitative estimate of drug-likeness (QED) is 0.544. The van der Waals surface area contributed by atoms with Crippen LogP contribution in [0, 0.1) is 0 Å². The summed E-state index contributed by atoms with van der Waals surface area (Å²) in [7, 11) is -3.79. The lowest BCUT2D eigenvalue weighted by Crippen LogP contribution is -2.26. The summed E-state index contributed by atoms with van der Waals surface area (Å²) in [6, 6.07) is 0. The minimum Gasteiger partial charge on any atom is -0.446 e. The zero-order valence-corrected chi connectivity index (χ0v) is 9.64. The zero-order valence-electron chi connectivity index (χ0n) is 8.74. The molecule has 0 unspecified atom stereocenters. The molecule has 0 aliphatic carbocycles. The molecule has 0 aromatic carbocycles. The van der Waals surface area contributed by atoms with Crippen LogP contribution in [0.25, 0.3) is 0 Å². The predicted molar refractivity (Wildman–Crippen MR) is 47.9 cm³/mol. The van der Waals surface area contributed by atoms with Crippen LogP contribution in [0.2, 0.25) is 0 Å². The van der Waals surface area contributed by atoms with E-state index in [-0.39, 0.29) is 13.2 Å². The smallest absolute Gasteiger partial charge is 0.446 e. The highest BCUT2D eigenvalue weighted by atomic mass is 31.2. The Kier molecular flexibility index (Phi) is 5.99. The Morgan fingerprint density at radius 3 is 1.94 bits per heavy atom. The van der Waals surface area contributed by atoms with Crippen LogP contribution in [-0.2, 0) is 23.1 Å². The number of rotatable bonds is 6. The van der Waals surface area contributed by atoms with Gasteiger partial charge in [0.25, 0.3) is 0 Å². The number of halogens is 3. The average molecular weight is 264 g/mol. The molecule has 0 spiro atoms. The Morgan fingerprint density at radius 1 is 1.19 bits per heavy atom. The van der Waals surface area contributed by atoms with E-state index < -0.39 is 26.1 Å². The van der Waals surface area contributed by atoms with Gasteiger partial charge < -0.3 is 13.8 Å². The molecule has 0 radical (unpaired) electrons. The summed E-state index contributed by atoms with van der Waals surface area (Å²) >= 11 is 0. The maximum absolute atomic E-state index is 11.8. The summed E-state index contributed by atoms with van der Waals surface area (Å²) in [5.74, 6) is -2.42. The molecule has 5 nitrogen and oxygen atoms in total. The van der Waals surface area contributed by atoms with Crippen molar-refractivity contribution in [2.45, 2.75) is 20.0 Å². The van der Waals surface area contributed by atoms with Crippen molar-refractivity contribution in [1.29, 1.82) is 0 Å². The minimum atomic E-state index is -5.12. The van der Waals surface area contributed by atoms with Crippen molar-refractivity contribution in [3.05, 3.63) is 0 Å². The molecule has 0 rings (SSSR count). The Hall–Kier alpha value is -0.590. The maximum atomic E-state index is 11.8. The first-order valence-electron chi connectivity index (χ1n) is 4.37. The summed E-state index contributed by atoms with van der Waals surface area (Å²) in [6.45, 7) is 2.91. The fourth-order valence-corrected chi connectivity index (χ4v) is 2.01. The predicted octanol–water partition coefficient (Wildman–Crippen LogP) is 2.32. The van der Waals surface area contributed by atoms with Gasteiger partial charge >= 0.3 is 19.7 Å². The average Bonchev–Trinajstić information content (AvgIpc) is 2.13. The lowest BCUT2D eigenvalue weighted by Gasteiger charge is -2.16. The SMILES string of the molecule is CCOP(=O)(COC(=O)C(F)(F)F)OCC. The molecule has 0 aromatic heterocycles. The highest BCUT2D eigenvalue weighted by Crippen LogP contribution is 2.48. The first kappa shape index (κ1) is 15.4. The van der Waals surface area contributed by atoms with Gasteiger partial charge in [-0.1, -0.05) is 0 Å². The van der Waals surface area contributed by atoms with E-state index in [4.69, 9.17) is 0 Å². The summed E-state index contributed by atoms with van der Waals surface area (Å²) in [6.07, 6.45) is -6.17. The van der Waals surface area contributed by atoms with Crippen LogP contribution in [0.4, 0.5) is 13.2 Å². The number of carbonyl (C=O) groups is 1. The molecule has 0 bridgehead atoms. The van der Waals surface area contributed by atoms with E-state index in [1.54, 1.807) is 0 Å². The van der Waals surface area contributed by atoms with Crippen LogP contribution < -0.4 is 0 Å². The van der Waals surface area contributed by atoms with Crippen LogP contribution in [0.1, 0.15) is 13.8 Å². The summed E-state index contributed by atoms with van der Waals surface area (Å²) < 4.78 is 59.8. The van der Waals surface area contributed by atoms with E-state index in [1.165, 1.54) is 13.8 Å². The lowest BCUT2D eigenvalue weighted by atomic mass is 10.7. The van der Waals surface area contributed by atoms with E-state index in [0.717, 1.165) is 0 Å². The molecule has 0 heterocycles. The fourth-order valence-electron chi connectivity index (χ4n) is 0.725. The molecule has 0 aliphatic heterocycles. The van der Waals surface area contributed by atoms with Gasteiger partial charge in [-0.3, -0.25) is 4.57 Å². The second-order valence-corrected chi connectivity index (χ2v) is 4.50. The summed E-state index contributed by atoms with van der Waals surface area (Å²) in [4.78, 5) is 10.3. The third-order valence-electron chi connectivity index (χ3n) is 1.24. The van der Waals surface area contributed by atoms with Crippen LogP contribution in [0.5, 0.6) is 0 Å². The molecule has 0 N–H and O–H groups in total. The van der Waals surface area contributed by atoms with Gasteiger partial charge in [-0.05, 0) is 13.8 Å². The number of ether oxygens (including phenoxy) is 1. The minimum absolute atomic E-state index is 0.0269. The van der Waals surface area contributed by atoms with E-state index in [2.05, 4.69) is 13.8 Å². The fraction of sp³-hybridized carbons (Fsp3) is 0.857. The normalized spacial score (nSPS) is 12.6. The third-order valence-corrected chi connectivity index (χ3v) is 2.99. The number of hydrogen-bond donors (Lipinski definition) is 0. The van der Waals surface area contributed by atoms with E-state index in [0.29, 0.717) is 0 Å². The second-order valence-electron chi connectivity index (χ2n) is 2.51. The third kappa shape index (κ3) is 5.48. The standard InChI is InChI=1S/C7H12F3O5P/c1-3-14-16(12,15-4-2)5-13-6(11)7(8,9)10/h3-5H2,1-2H3. The van der Waals surface area contributed by atoms with Gasteiger partial charge in [-0.2, -0.15) is 13.2 Å². The number of carbonyl (C=O) groups excluding carboxylic acids is 1. The zero-order chi connectivity index (χ0) is 12.8. The lowest BCUT2D eigenvalue weighted by molar-refractivity contribution is -0.198. The molecule has 0 saturated carbocycles. The molecule has 0 aliphatic rings. The van der Waals surface area contributed by atoms with Crippen molar-refractivity contribution in [2.75, 3.05) is 19.6 Å². The molecular formula is C7H12F3O5P. The highest BCUT2D eigenvalue weighted by molar-refractivity contribution is 7.53. The monoisotopic (exact) mass is 264 g/mol. The molecular weight excluding hydrogens is 252 g/mol. The van der Waals surface area contributed by atoms with Crippen molar-refractivity contribution >= 4 is 13.6 Å². The van der Waals surface area contributed by atoms with Crippen LogP contribution in [0.3, 0.4) is 0 Å². The topological polar surface area (TPSA) is 61.8 Å². The first-order valence-corrected chi connectivity index (χ1v) is 6.10. The van der Waals surface area contributed by atoms with Crippen LogP contribution >= 0.6 is 7.60 Å². The maximum Gasteiger partial charge on any atom is 0.490 e. The highest BCUT2D eigenvalue weighted by Gasteiger charge is 2.42. The van der Waals surface area contributed by atoms with Gasteiger partial charge in [0, 0.05) is 0 Å². The van der Waals surface area contributed by atoms with Gasteiger partial charge in [0.1, 0.15) is 0 Å². The largest absolute Gasteiger partial charge is 0.490 e.